The van der Waals surface area contributed by atoms with E-state index in [1.54, 1.807) is 42.5 Å². The predicted molar refractivity (Wildman–Crippen MR) is 186 cm³/mol. The smallest absolute Gasteiger partial charge is 0.272 e. The third kappa shape index (κ3) is 8.81. The molecule has 5 aromatic carbocycles. The Morgan fingerprint density at radius 2 is 1.33 bits per heavy atom. The molecule has 0 aliphatic carbocycles. The summed E-state index contributed by atoms with van der Waals surface area (Å²) in [6, 6.07) is 40.7. The maximum Gasteiger partial charge on any atom is 0.272 e. The fourth-order valence-electron chi connectivity index (χ4n) is 4.38. The van der Waals surface area contributed by atoms with Crippen LogP contribution >= 0.6 is 27.7 Å². The minimum absolute atomic E-state index is 0.110. The molecule has 224 valence electrons. The van der Waals surface area contributed by atoms with Gasteiger partial charge in [-0.3, -0.25) is 14.4 Å². The van der Waals surface area contributed by atoms with E-state index in [0.717, 1.165) is 26.1 Å². The summed E-state index contributed by atoms with van der Waals surface area (Å²) in [5.41, 5.74) is 4.52. The van der Waals surface area contributed by atoms with Gasteiger partial charge in [0.15, 0.2) is 0 Å². The van der Waals surface area contributed by atoms with Gasteiger partial charge in [-0.1, -0.05) is 90.5 Å². The molecule has 1 atom stereocenters. The number of carbonyl (C=O) groups is 3. The molecule has 0 spiro atoms. The van der Waals surface area contributed by atoms with Crippen molar-refractivity contribution in [1.29, 1.82) is 0 Å². The normalized spacial score (nSPS) is 11.7. The second-order valence-electron chi connectivity index (χ2n) is 10.1. The summed E-state index contributed by atoms with van der Waals surface area (Å²) >= 11 is 4.91. The van der Waals surface area contributed by atoms with Gasteiger partial charge >= 0.3 is 0 Å². The molecule has 0 aromatic heterocycles. The van der Waals surface area contributed by atoms with Gasteiger partial charge in [0.2, 0.25) is 5.91 Å². The van der Waals surface area contributed by atoms with Crippen molar-refractivity contribution in [2.45, 2.75) is 17.1 Å². The van der Waals surface area contributed by atoms with Crippen LogP contribution in [0.4, 0.5) is 11.4 Å². The summed E-state index contributed by atoms with van der Waals surface area (Å²) in [4.78, 5) is 40.7. The zero-order valence-electron chi connectivity index (χ0n) is 24.4. The second kappa shape index (κ2) is 15.2. The number of para-hydroxylation sites is 1. The maximum atomic E-state index is 13.5. The topological polar surface area (TPSA) is 87.3 Å². The maximum absolute atomic E-state index is 13.5. The van der Waals surface area contributed by atoms with E-state index >= 15 is 0 Å². The lowest BCUT2D eigenvalue weighted by molar-refractivity contribution is -0.116. The number of aryl methyl sites for hydroxylation is 1. The molecule has 0 heterocycles. The summed E-state index contributed by atoms with van der Waals surface area (Å²) in [6.07, 6.45) is 1.65. The lowest BCUT2D eigenvalue weighted by atomic mass is 10.1. The molecule has 3 amide bonds. The average molecular weight is 677 g/mol. The van der Waals surface area contributed by atoms with E-state index in [2.05, 4.69) is 31.9 Å². The first-order valence-electron chi connectivity index (χ1n) is 14.2. The van der Waals surface area contributed by atoms with E-state index < -0.39 is 11.2 Å². The molecule has 5 rings (SSSR count). The molecule has 3 N–H and O–H groups in total. The fourth-order valence-corrected chi connectivity index (χ4v) is 5.79. The second-order valence-corrected chi connectivity index (χ2v) is 12.2. The van der Waals surface area contributed by atoms with Crippen molar-refractivity contribution in [3.05, 3.63) is 166 Å². The number of carbonyl (C=O) groups excluding carboxylic acids is 3. The summed E-state index contributed by atoms with van der Waals surface area (Å²) in [5.74, 6) is -1.01. The lowest BCUT2D eigenvalue weighted by Gasteiger charge is -2.18. The highest BCUT2D eigenvalue weighted by atomic mass is 79.9. The molecule has 0 aliphatic heterocycles. The van der Waals surface area contributed by atoms with Crippen molar-refractivity contribution in [3.8, 4) is 0 Å². The van der Waals surface area contributed by atoms with E-state index in [4.69, 9.17) is 0 Å². The van der Waals surface area contributed by atoms with Gasteiger partial charge in [-0.05, 0) is 88.6 Å². The van der Waals surface area contributed by atoms with E-state index in [-0.39, 0.29) is 17.5 Å². The van der Waals surface area contributed by atoms with Gasteiger partial charge in [-0.15, -0.1) is 11.8 Å². The van der Waals surface area contributed by atoms with Crippen LogP contribution < -0.4 is 16.0 Å². The first-order valence-corrected chi connectivity index (χ1v) is 15.9. The number of rotatable bonds is 10. The van der Waals surface area contributed by atoms with Crippen LogP contribution in [0.2, 0.25) is 0 Å². The number of anilines is 2. The van der Waals surface area contributed by atoms with Crippen LogP contribution in [0.25, 0.3) is 6.08 Å². The molecular weight excluding hydrogens is 646 g/mol. The zero-order chi connectivity index (χ0) is 31.6. The fraction of sp³-hybridized carbons (Fsp3) is 0.0541. The van der Waals surface area contributed by atoms with Crippen LogP contribution in [0, 0.1) is 6.92 Å². The summed E-state index contributed by atoms with van der Waals surface area (Å²) in [5, 5.41) is 8.16. The van der Waals surface area contributed by atoms with Crippen LogP contribution in [0.3, 0.4) is 0 Å². The van der Waals surface area contributed by atoms with Crippen LogP contribution in [-0.4, -0.2) is 17.7 Å². The van der Waals surface area contributed by atoms with Gasteiger partial charge in [-0.2, -0.15) is 0 Å². The summed E-state index contributed by atoms with van der Waals surface area (Å²) in [6.45, 7) is 1.98. The molecule has 0 saturated carbocycles. The number of benzene rings is 5. The van der Waals surface area contributed by atoms with E-state index in [9.17, 15) is 14.4 Å². The van der Waals surface area contributed by atoms with Gasteiger partial charge in [0.05, 0.1) is 5.69 Å². The first-order chi connectivity index (χ1) is 21.9. The Morgan fingerprint density at radius 1 is 0.711 bits per heavy atom. The van der Waals surface area contributed by atoms with Crippen molar-refractivity contribution in [3.63, 3.8) is 0 Å². The summed E-state index contributed by atoms with van der Waals surface area (Å²) < 4.78 is 0.797. The number of amides is 3. The van der Waals surface area contributed by atoms with Crippen molar-refractivity contribution in [2.24, 2.45) is 0 Å². The predicted octanol–water partition coefficient (Wildman–Crippen LogP) is 8.64. The van der Waals surface area contributed by atoms with Crippen LogP contribution in [0.15, 0.2) is 149 Å². The van der Waals surface area contributed by atoms with E-state index in [0.29, 0.717) is 16.9 Å². The Labute approximate surface area is 275 Å². The highest BCUT2D eigenvalue weighted by Crippen LogP contribution is 2.37. The Balaban J connectivity index is 1.32. The van der Waals surface area contributed by atoms with Gasteiger partial charge < -0.3 is 16.0 Å². The molecule has 1 unspecified atom stereocenters. The van der Waals surface area contributed by atoms with Gasteiger partial charge in [0.1, 0.15) is 10.9 Å². The highest BCUT2D eigenvalue weighted by Gasteiger charge is 2.23. The molecule has 6 nitrogen and oxygen atoms in total. The molecule has 0 saturated heterocycles. The number of hydrogen-bond acceptors (Lipinski definition) is 4. The first kappa shape index (κ1) is 31.5. The number of nitrogens with one attached hydrogen (secondary N) is 3. The molecule has 45 heavy (non-hydrogen) atoms. The Morgan fingerprint density at radius 3 is 2.00 bits per heavy atom. The number of thioether (sulfide) groups is 1. The third-order valence-corrected chi connectivity index (χ3v) is 8.71. The third-order valence-electron chi connectivity index (χ3n) is 6.76. The Bertz CT molecular complexity index is 1810. The molecule has 0 bridgehead atoms. The van der Waals surface area contributed by atoms with Crippen LogP contribution in [0.5, 0.6) is 0 Å². The monoisotopic (exact) mass is 675 g/mol. The molecule has 0 aliphatic rings. The minimum atomic E-state index is -0.518. The highest BCUT2D eigenvalue weighted by molar-refractivity contribution is 9.10. The van der Waals surface area contributed by atoms with E-state index in [1.807, 2.05) is 104 Å². The molecule has 0 radical (unpaired) electrons. The van der Waals surface area contributed by atoms with Crippen molar-refractivity contribution in [2.75, 3.05) is 10.6 Å². The standard InChI is InChI=1S/C37H30BrN3O3S/c1-25-16-18-26(19-17-25)24-33(41-35(42)28-12-6-3-7-13-28)36(43)39-29-20-22-30(23-21-29)45-34(27-10-4-2-5-11-27)37(44)40-32-15-9-8-14-31(32)38/h2-24,34H,1H3,(H,39,43)(H,40,44)(H,41,42)/b33-24-. The van der Waals surface area contributed by atoms with Gasteiger partial charge in [0, 0.05) is 20.6 Å². The SMILES string of the molecule is Cc1ccc(/C=C(\NC(=O)c2ccccc2)C(=O)Nc2ccc(SC(C(=O)Nc3ccccc3Br)c3ccccc3)cc2)cc1. The minimum Gasteiger partial charge on any atom is -0.324 e. The number of hydrogen-bond donors (Lipinski definition) is 3. The van der Waals surface area contributed by atoms with Crippen LogP contribution in [0.1, 0.15) is 32.3 Å². The summed E-state index contributed by atoms with van der Waals surface area (Å²) in [7, 11) is 0. The molecule has 5 aromatic rings. The van der Waals surface area contributed by atoms with E-state index in [1.165, 1.54) is 11.8 Å². The van der Waals surface area contributed by atoms with Gasteiger partial charge in [-0.25, -0.2) is 0 Å². The molecular formula is C37H30BrN3O3S. The number of halogens is 1. The molecule has 8 heteroatoms. The average Bonchev–Trinajstić information content (AvgIpc) is 3.06. The van der Waals surface area contributed by atoms with Crippen molar-refractivity contribution >= 4 is 62.9 Å². The largest absolute Gasteiger partial charge is 0.324 e. The zero-order valence-corrected chi connectivity index (χ0v) is 26.8. The Kier molecular flexibility index (Phi) is 10.6. The van der Waals surface area contributed by atoms with Crippen molar-refractivity contribution < 1.29 is 14.4 Å². The Hall–Kier alpha value is -4.92. The van der Waals surface area contributed by atoms with Gasteiger partial charge in [0.25, 0.3) is 11.8 Å². The quantitative estimate of drug-likeness (QED) is 0.102. The van der Waals surface area contributed by atoms with Crippen LogP contribution in [-0.2, 0) is 9.59 Å². The van der Waals surface area contributed by atoms with Crippen molar-refractivity contribution in [1.82, 2.24) is 5.32 Å². The molecule has 0 fully saturated rings. The lowest BCUT2D eigenvalue weighted by Crippen LogP contribution is -2.30.